The van der Waals surface area contributed by atoms with Gasteiger partial charge in [0.2, 0.25) is 0 Å². The lowest BCUT2D eigenvalue weighted by Crippen LogP contribution is -2.39. The Labute approximate surface area is 195 Å². The molecule has 0 aromatic heterocycles. The summed E-state index contributed by atoms with van der Waals surface area (Å²) in [4.78, 5) is 0. The SMILES string of the molecule is CCCOC(OCCC)(OCCC)c1ccc(C(OCCC)(OCCC)OCCC)cc1. The van der Waals surface area contributed by atoms with Gasteiger partial charge in [-0.25, -0.2) is 0 Å². The molecule has 0 aliphatic carbocycles. The van der Waals surface area contributed by atoms with E-state index in [1.165, 1.54) is 0 Å². The second-order valence-electron chi connectivity index (χ2n) is 7.78. The minimum Gasteiger partial charge on any atom is -0.324 e. The fourth-order valence-corrected chi connectivity index (χ4v) is 3.05. The molecule has 0 radical (unpaired) electrons. The van der Waals surface area contributed by atoms with Gasteiger partial charge < -0.3 is 28.4 Å². The minimum absolute atomic E-state index is 0.540. The summed E-state index contributed by atoms with van der Waals surface area (Å²) in [5.74, 6) is -2.44. The van der Waals surface area contributed by atoms with E-state index in [2.05, 4.69) is 41.5 Å². The Balaban J connectivity index is 3.34. The second-order valence-corrected chi connectivity index (χ2v) is 7.78. The maximum Gasteiger partial charge on any atom is 0.311 e. The zero-order valence-corrected chi connectivity index (χ0v) is 21.2. The van der Waals surface area contributed by atoms with Crippen LogP contribution in [0.2, 0.25) is 0 Å². The Morgan fingerprint density at radius 1 is 0.406 bits per heavy atom. The van der Waals surface area contributed by atoms with Gasteiger partial charge in [-0.05, 0) is 38.5 Å². The van der Waals surface area contributed by atoms with Crippen molar-refractivity contribution in [2.24, 2.45) is 0 Å². The van der Waals surface area contributed by atoms with Crippen LogP contribution in [0.25, 0.3) is 0 Å². The average molecular weight is 455 g/mol. The van der Waals surface area contributed by atoms with Crippen molar-refractivity contribution < 1.29 is 28.4 Å². The molecule has 0 unspecified atom stereocenters. The summed E-state index contributed by atoms with van der Waals surface area (Å²) < 4.78 is 36.9. The van der Waals surface area contributed by atoms with E-state index in [1.54, 1.807) is 0 Å². The molecule has 0 saturated carbocycles. The summed E-state index contributed by atoms with van der Waals surface area (Å²) in [5, 5.41) is 0. The maximum atomic E-state index is 6.15. The molecule has 1 rings (SSSR count). The van der Waals surface area contributed by atoms with Crippen molar-refractivity contribution in [1.29, 1.82) is 0 Å². The van der Waals surface area contributed by atoms with Crippen LogP contribution >= 0.6 is 0 Å². The van der Waals surface area contributed by atoms with Gasteiger partial charge in [0.05, 0.1) is 39.6 Å². The maximum absolute atomic E-state index is 6.15. The summed E-state index contributed by atoms with van der Waals surface area (Å²) in [7, 11) is 0. The summed E-state index contributed by atoms with van der Waals surface area (Å²) in [6.07, 6.45) is 5.22. The monoisotopic (exact) mass is 454 g/mol. The molecule has 0 saturated heterocycles. The molecule has 0 heterocycles. The fraction of sp³-hybridized carbons (Fsp3) is 0.769. The first-order valence-corrected chi connectivity index (χ1v) is 12.5. The number of benzene rings is 1. The summed E-state index contributed by atoms with van der Waals surface area (Å²) in [6, 6.07) is 7.85. The molecule has 6 heteroatoms. The van der Waals surface area contributed by atoms with Crippen molar-refractivity contribution in [2.45, 2.75) is 92.0 Å². The molecule has 0 N–H and O–H groups in total. The normalized spacial score (nSPS) is 12.4. The first kappa shape index (κ1) is 29.0. The molecule has 0 fully saturated rings. The van der Waals surface area contributed by atoms with Crippen molar-refractivity contribution in [1.82, 2.24) is 0 Å². The first-order chi connectivity index (χ1) is 15.6. The highest BCUT2D eigenvalue weighted by Crippen LogP contribution is 2.34. The number of ether oxygens (including phenoxy) is 6. The smallest absolute Gasteiger partial charge is 0.311 e. The molecule has 6 nitrogen and oxygen atoms in total. The third-order valence-corrected chi connectivity index (χ3v) is 4.57. The zero-order chi connectivity index (χ0) is 23.7. The molecular formula is C26H46O6. The van der Waals surface area contributed by atoms with Crippen molar-refractivity contribution in [3.05, 3.63) is 35.4 Å². The van der Waals surface area contributed by atoms with E-state index in [1.807, 2.05) is 24.3 Å². The molecule has 0 aliphatic heterocycles. The van der Waals surface area contributed by atoms with Crippen LogP contribution < -0.4 is 0 Å². The van der Waals surface area contributed by atoms with Gasteiger partial charge in [0.15, 0.2) is 0 Å². The van der Waals surface area contributed by atoms with Crippen molar-refractivity contribution >= 4 is 0 Å². The van der Waals surface area contributed by atoms with E-state index in [9.17, 15) is 0 Å². The number of hydrogen-bond donors (Lipinski definition) is 0. The Hall–Kier alpha value is -1.02. The number of hydrogen-bond acceptors (Lipinski definition) is 6. The molecule has 0 amide bonds. The topological polar surface area (TPSA) is 55.4 Å². The van der Waals surface area contributed by atoms with Gasteiger partial charge in [0, 0.05) is 11.1 Å². The van der Waals surface area contributed by atoms with Crippen molar-refractivity contribution in [3.8, 4) is 0 Å². The van der Waals surface area contributed by atoms with Gasteiger partial charge in [0.1, 0.15) is 0 Å². The second kappa shape index (κ2) is 16.6. The molecule has 0 spiro atoms. The Morgan fingerprint density at radius 3 is 0.750 bits per heavy atom. The molecule has 1 aromatic carbocycles. The molecular weight excluding hydrogens is 408 g/mol. The van der Waals surface area contributed by atoms with E-state index in [-0.39, 0.29) is 0 Å². The van der Waals surface area contributed by atoms with Crippen LogP contribution in [0.1, 0.15) is 91.2 Å². The highest BCUT2D eigenvalue weighted by molar-refractivity contribution is 5.27. The Kier molecular flexibility index (Phi) is 15.0. The minimum atomic E-state index is -1.22. The van der Waals surface area contributed by atoms with Crippen LogP contribution in [0.4, 0.5) is 0 Å². The lowest BCUT2D eigenvalue weighted by atomic mass is 10.1. The van der Waals surface area contributed by atoms with E-state index in [4.69, 9.17) is 28.4 Å². The highest BCUT2D eigenvalue weighted by atomic mass is 16.9. The average Bonchev–Trinajstić information content (AvgIpc) is 2.84. The van der Waals surface area contributed by atoms with Crippen LogP contribution in [-0.4, -0.2) is 39.6 Å². The standard InChI is InChI=1S/C26H46O6/c1-7-17-27-25(28-18-8-2,29-19-9-3)23-13-15-24(16-14-23)26(30-20-10-4,31-21-11-5)32-22-12-6/h13-16H,7-12,17-22H2,1-6H3. The third kappa shape index (κ3) is 8.73. The van der Waals surface area contributed by atoms with E-state index in [0.717, 1.165) is 49.7 Å². The van der Waals surface area contributed by atoms with Crippen LogP contribution in [0.15, 0.2) is 24.3 Å². The van der Waals surface area contributed by atoms with E-state index in [0.29, 0.717) is 39.6 Å². The third-order valence-electron chi connectivity index (χ3n) is 4.57. The van der Waals surface area contributed by atoms with Crippen molar-refractivity contribution in [2.75, 3.05) is 39.6 Å². The predicted molar refractivity (Wildman–Crippen MR) is 127 cm³/mol. The Morgan fingerprint density at radius 2 is 0.594 bits per heavy atom. The van der Waals surface area contributed by atoms with Gasteiger partial charge in [-0.1, -0.05) is 65.8 Å². The molecule has 0 atom stereocenters. The van der Waals surface area contributed by atoms with E-state index < -0.39 is 11.9 Å². The fourth-order valence-electron chi connectivity index (χ4n) is 3.05. The Bertz CT molecular complexity index is 480. The van der Waals surface area contributed by atoms with Gasteiger partial charge in [-0.15, -0.1) is 0 Å². The van der Waals surface area contributed by atoms with Gasteiger partial charge in [-0.3, -0.25) is 0 Å². The van der Waals surface area contributed by atoms with E-state index >= 15 is 0 Å². The molecule has 32 heavy (non-hydrogen) atoms. The van der Waals surface area contributed by atoms with Gasteiger partial charge in [-0.2, -0.15) is 0 Å². The summed E-state index contributed by atoms with van der Waals surface area (Å²) >= 11 is 0. The largest absolute Gasteiger partial charge is 0.324 e. The molecule has 186 valence electrons. The number of rotatable bonds is 20. The zero-order valence-electron chi connectivity index (χ0n) is 21.2. The molecule has 0 bridgehead atoms. The summed E-state index contributed by atoms with van der Waals surface area (Å²) in [6.45, 7) is 15.7. The lowest BCUT2D eigenvalue weighted by molar-refractivity contribution is -0.395. The van der Waals surface area contributed by atoms with Crippen LogP contribution in [0, 0.1) is 0 Å². The highest BCUT2D eigenvalue weighted by Gasteiger charge is 2.39. The van der Waals surface area contributed by atoms with Crippen LogP contribution in [0.5, 0.6) is 0 Å². The van der Waals surface area contributed by atoms with Crippen molar-refractivity contribution in [3.63, 3.8) is 0 Å². The molecule has 0 aliphatic rings. The predicted octanol–water partition coefficient (Wildman–Crippen LogP) is 6.47. The summed E-state index contributed by atoms with van der Waals surface area (Å²) in [5.41, 5.74) is 1.62. The van der Waals surface area contributed by atoms with Crippen LogP contribution in [-0.2, 0) is 40.4 Å². The lowest BCUT2D eigenvalue weighted by Gasteiger charge is -2.35. The van der Waals surface area contributed by atoms with Gasteiger partial charge in [0.25, 0.3) is 0 Å². The van der Waals surface area contributed by atoms with Gasteiger partial charge >= 0.3 is 11.9 Å². The quantitative estimate of drug-likeness (QED) is 0.211. The molecule has 1 aromatic rings. The van der Waals surface area contributed by atoms with Crippen LogP contribution in [0.3, 0.4) is 0 Å². The first-order valence-electron chi connectivity index (χ1n) is 12.5.